The van der Waals surface area contributed by atoms with E-state index in [2.05, 4.69) is 25.7 Å². The van der Waals surface area contributed by atoms with E-state index in [1.807, 2.05) is 0 Å². The van der Waals surface area contributed by atoms with Gasteiger partial charge in [-0.05, 0) is 37.3 Å². The summed E-state index contributed by atoms with van der Waals surface area (Å²) in [6.07, 6.45) is 2.59. The minimum atomic E-state index is 0.319. The lowest BCUT2D eigenvalue weighted by Gasteiger charge is -2.37. The molecule has 0 bridgehead atoms. The Bertz CT molecular complexity index is 146. The van der Waals surface area contributed by atoms with E-state index in [1.54, 1.807) is 0 Å². The van der Waals surface area contributed by atoms with Crippen molar-refractivity contribution in [1.29, 1.82) is 0 Å². The molecule has 78 valence electrons. The molecule has 0 aromatic heterocycles. The topological polar surface area (TPSA) is 23.5 Å². The molecule has 13 heavy (non-hydrogen) atoms. The van der Waals surface area contributed by atoms with Crippen molar-refractivity contribution >= 4 is 0 Å². The molecule has 0 aromatic rings. The second-order valence-corrected chi connectivity index (χ2v) is 5.25. The van der Waals surface area contributed by atoms with Crippen LogP contribution in [-0.4, -0.2) is 36.2 Å². The zero-order valence-corrected chi connectivity index (χ0v) is 9.21. The van der Waals surface area contributed by atoms with Crippen molar-refractivity contribution in [2.75, 3.05) is 26.2 Å². The van der Waals surface area contributed by atoms with Gasteiger partial charge in [0.25, 0.3) is 0 Å². The van der Waals surface area contributed by atoms with Crippen molar-refractivity contribution in [2.45, 2.75) is 33.6 Å². The predicted molar refractivity (Wildman–Crippen MR) is 55.7 cm³/mol. The van der Waals surface area contributed by atoms with E-state index in [1.165, 1.54) is 25.9 Å². The average molecular weight is 185 g/mol. The van der Waals surface area contributed by atoms with Crippen LogP contribution < -0.4 is 0 Å². The summed E-state index contributed by atoms with van der Waals surface area (Å²) in [7, 11) is 0. The van der Waals surface area contributed by atoms with E-state index < -0.39 is 0 Å². The van der Waals surface area contributed by atoms with Crippen LogP contribution in [0.1, 0.15) is 33.6 Å². The monoisotopic (exact) mass is 185 g/mol. The van der Waals surface area contributed by atoms with Crippen LogP contribution in [0.4, 0.5) is 0 Å². The molecule has 0 amide bonds. The fourth-order valence-electron chi connectivity index (χ4n) is 1.84. The first-order valence-electron chi connectivity index (χ1n) is 5.37. The summed E-state index contributed by atoms with van der Waals surface area (Å²) in [5.74, 6) is 0.432. The molecule has 1 atom stereocenters. The summed E-state index contributed by atoms with van der Waals surface area (Å²) in [6.45, 7) is 10.6. The van der Waals surface area contributed by atoms with Crippen molar-refractivity contribution < 1.29 is 5.11 Å². The molecule has 0 saturated carbocycles. The Labute approximate surface area is 81.9 Å². The van der Waals surface area contributed by atoms with Gasteiger partial charge in [0, 0.05) is 13.2 Å². The summed E-state index contributed by atoms with van der Waals surface area (Å²) in [6, 6.07) is 0. The third-order valence-corrected chi connectivity index (χ3v) is 3.09. The van der Waals surface area contributed by atoms with Crippen LogP contribution >= 0.6 is 0 Å². The summed E-state index contributed by atoms with van der Waals surface area (Å²) in [5.41, 5.74) is 0.541. The van der Waals surface area contributed by atoms with Crippen LogP contribution in [0, 0.1) is 11.3 Å². The zero-order chi connectivity index (χ0) is 9.90. The van der Waals surface area contributed by atoms with Gasteiger partial charge in [-0.3, -0.25) is 0 Å². The van der Waals surface area contributed by atoms with Crippen molar-refractivity contribution in [1.82, 2.24) is 4.90 Å². The molecule has 0 aliphatic carbocycles. The average Bonchev–Trinajstić information content (AvgIpc) is 2.08. The van der Waals surface area contributed by atoms with Gasteiger partial charge in [-0.25, -0.2) is 0 Å². The van der Waals surface area contributed by atoms with Crippen molar-refractivity contribution in [2.24, 2.45) is 11.3 Å². The fourth-order valence-corrected chi connectivity index (χ4v) is 1.84. The van der Waals surface area contributed by atoms with Gasteiger partial charge >= 0.3 is 0 Å². The smallest absolute Gasteiger partial charge is 0.0468 e. The van der Waals surface area contributed by atoms with Gasteiger partial charge in [0.15, 0.2) is 0 Å². The minimum Gasteiger partial charge on any atom is -0.396 e. The summed E-state index contributed by atoms with van der Waals surface area (Å²) >= 11 is 0. The first kappa shape index (κ1) is 11.0. The van der Waals surface area contributed by atoms with Crippen molar-refractivity contribution in [3.8, 4) is 0 Å². The second kappa shape index (κ2) is 4.43. The Morgan fingerprint density at radius 3 is 2.31 bits per heavy atom. The zero-order valence-electron chi connectivity index (χ0n) is 9.21. The maximum Gasteiger partial charge on any atom is 0.0468 e. The fraction of sp³-hybridized carbons (Fsp3) is 1.00. The predicted octanol–water partition coefficient (Wildman–Crippen LogP) is 1.74. The van der Waals surface area contributed by atoms with Gasteiger partial charge in [0.05, 0.1) is 0 Å². The number of rotatable bonds is 3. The van der Waals surface area contributed by atoms with Crippen LogP contribution in [-0.2, 0) is 0 Å². The molecule has 1 saturated heterocycles. The molecular weight excluding hydrogens is 162 g/mol. The first-order valence-corrected chi connectivity index (χ1v) is 5.37. The molecule has 1 unspecified atom stereocenters. The molecule has 1 N–H and O–H groups in total. The number of nitrogens with zero attached hydrogens (tertiary/aromatic N) is 1. The molecule has 2 nitrogen and oxygen atoms in total. The normalized spacial score (nSPS) is 25.8. The summed E-state index contributed by atoms with van der Waals surface area (Å²) in [5, 5.41) is 8.94. The largest absolute Gasteiger partial charge is 0.396 e. The maximum atomic E-state index is 8.94. The second-order valence-electron chi connectivity index (χ2n) is 5.25. The summed E-state index contributed by atoms with van der Waals surface area (Å²) in [4.78, 5) is 2.48. The molecule has 1 rings (SSSR count). The number of likely N-dealkylation sites (tertiary alicyclic amines) is 1. The first-order chi connectivity index (χ1) is 6.03. The highest BCUT2D eigenvalue weighted by atomic mass is 16.3. The Morgan fingerprint density at radius 1 is 1.31 bits per heavy atom. The lowest BCUT2D eigenvalue weighted by atomic mass is 9.82. The van der Waals surface area contributed by atoms with Gasteiger partial charge in [-0.2, -0.15) is 0 Å². The van der Waals surface area contributed by atoms with Crippen molar-refractivity contribution in [3.63, 3.8) is 0 Å². The highest BCUT2D eigenvalue weighted by molar-refractivity contribution is 4.79. The van der Waals surface area contributed by atoms with E-state index >= 15 is 0 Å². The van der Waals surface area contributed by atoms with Crippen LogP contribution in [0.3, 0.4) is 0 Å². The molecule has 0 spiro atoms. The van der Waals surface area contributed by atoms with E-state index in [9.17, 15) is 0 Å². The number of aliphatic hydroxyl groups excluding tert-OH is 1. The van der Waals surface area contributed by atoms with E-state index in [0.717, 1.165) is 6.54 Å². The van der Waals surface area contributed by atoms with Crippen LogP contribution in [0.25, 0.3) is 0 Å². The van der Waals surface area contributed by atoms with E-state index in [-0.39, 0.29) is 0 Å². The third kappa shape index (κ3) is 3.65. The van der Waals surface area contributed by atoms with Gasteiger partial charge in [0.2, 0.25) is 0 Å². The molecule has 2 heteroatoms. The minimum absolute atomic E-state index is 0.319. The highest BCUT2D eigenvalue weighted by Gasteiger charge is 2.25. The van der Waals surface area contributed by atoms with Gasteiger partial charge in [-0.15, -0.1) is 0 Å². The summed E-state index contributed by atoms with van der Waals surface area (Å²) < 4.78 is 0. The standard InChI is InChI=1S/C11H23NO/c1-10(9-13)8-12-6-4-11(2,3)5-7-12/h10,13H,4-9H2,1-3H3. The molecule has 0 radical (unpaired) electrons. The van der Waals surface area contributed by atoms with Crippen LogP contribution in [0.2, 0.25) is 0 Å². The van der Waals surface area contributed by atoms with Crippen LogP contribution in [0.5, 0.6) is 0 Å². The number of hydrogen-bond donors (Lipinski definition) is 1. The molecule has 1 fully saturated rings. The quantitative estimate of drug-likeness (QED) is 0.724. The highest BCUT2D eigenvalue weighted by Crippen LogP contribution is 2.29. The molecule has 1 aliphatic heterocycles. The Kier molecular flexibility index (Phi) is 3.74. The van der Waals surface area contributed by atoms with E-state index in [0.29, 0.717) is 17.9 Å². The lowest BCUT2D eigenvalue weighted by molar-refractivity contribution is 0.104. The van der Waals surface area contributed by atoms with Gasteiger partial charge in [-0.1, -0.05) is 20.8 Å². The van der Waals surface area contributed by atoms with E-state index in [4.69, 9.17) is 5.11 Å². The number of aliphatic hydroxyl groups is 1. The molecule has 1 aliphatic rings. The van der Waals surface area contributed by atoms with Gasteiger partial charge < -0.3 is 10.0 Å². The molecule has 0 aromatic carbocycles. The number of piperidine rings is 1. The third-order valence-electron chi connectivity index (χ3n) is 3.09. The van der Waals surface area contributed by atoms with Gasteiger partial charge in [0.1, 0.15) is 0 Å². The maximum absolute atomic E-state index is 8.94. The lowest BCUT2D eigenvalue weighted by Crippen LogP contribution is -2.40. The van der Waals surface area contributed by atoms with Crippen molar-refractivity contribution in [3.05, 3.63) is 0 Å². The Balaban J connectivity index is 2.25. The number of hydrogen-bond acceptors (Lipinski definition) is 2. The molecular formula is C11H23NO. The Hall–Kier alpha value is -0.0800. The SMILES string of the molecule is CC(CO)CN1CCC(C)(C)CC1. The molecule has 1 heterocycles. The Morgan fingerprint density at radius 2 is 1.85 bits per heavy atom. The van der Waals surface area contributed by atoms with Crippen LogP contribution in [0.15, 0.2) is 0 Å².